The molecule has 0 amide bonds. The summed E-state index contributed by atoms with van der Waals surface area (Å²) in [5, 5.41) is 8.28. The van der Waals surface area contributed by atoms with Gasteiger partial charge in [0, 0.05) is 45.5 Å². The van der Waals surface area contributed by atoms with Crippen LogP contribution < -0.4 is 0 Å². The maximum absolute atomic E-state index is 4.24. The summed E-state index contributed by atoms with van der Waals surface area (Å²) in [6, 6.07) is 4.24. The van der Waals surface area contributed by atoms with Crippen molar-refractivity contribution >= 4 is 5.65 Å². The zero-order valence-electron chi connectivity index (χ0n) is 13.0. The van der Waals surface area contributed by atoms with Gasteiger partial charge in [-0.25, -0.2) is 14.5 Å². The van der Waals surface area contributed by atoms with Crippen LogP contribution in [0.25, 0.3) is 5.65 Å². The molecule has 0 bridgehead atoms. The number of aromatic nitrogens is 6. The standard InChI is InChI=1S/C15H20N8/c1-2-23-15(17-12-19-23)9-14(1)10-21-5-3-20(4-6-21)7-8-22-13-16-11-18-22/h1-2,9,11-13H,3-8,10H2. The fourth-order valence-corrected chi connectivity index (χ4v) is 2.98. The van der Waals surface area contributed by atoms with E-state index < -0.39 is 0 Å². The van der Waals surface area contributed by atoms with Gasteiger partial charge in [0.05, 0.1) is 6.54 Å². The first kappa shape index (κ1) is 14.3. The predicted octanol–water partition coefficient (Wildman–Crippen LogP) is 0.139. The smallest absolute Gasteiger partial charge is 0.155 e. The molecule has 0 aliphatic carbocycles. The molecule has 1 saturated heterocycles. The van der Waals surface area contributed by atoms with E-state index in [2.05, 4.69) is 42.1 Å². The monoisotopic (exact) mass is 312 g/mol. The van der Waals surface area contributed by atoms with E-state index >= 15 is 0 Å². The Morgan fingerprint density at radius 2 is 1.83 bits per heavy atom. The zero-order chi connectivity index (χ0) is 15.5. The van der Waals surface area contributed by atoms with Crippen LogP contribution in [0.15, 0.2) is 37.3 Å². The van der Waals surface area contributed by atoms with Crippen molar-refractivity contribution in [2.45, 2.75) is 13.1 Å². The lowest BCUT2D eigenvalue weighted by molar-refractivity contribution is 0.123. The van der Waals surface area contributed by atoms with Crippen molar-refractivity contribution in [3.8, 4) is 0 Å². The minimum absolute atomic E-state index is 0.906. The summed E-state index contributed by atoms with van der Waals surface area (Å²) in [5.41, 5.74) is 2.20. The molecule has 4 heterocycles. The lowest BCUT2D eigenvalue weighted by Gasteiger charge is -2.34. The van der Waals surface area contributed by atoms with Crippen LogP contribution in [0.1, 0.15) is 5.56 Å². The molecule has 1 fully saturated rings. The fraction of sp³-hybridized carbons (Fsp3) is 0.467. The van der Waals surface area contributed by atoms with Crippen molar-refractivity contribution in [1.82, 2.24) is 39.2 Å². The Balaban J connectivity index is 1.27. The van der Waals surface area contributed by atoms with Crippen LogP contribution in [0.2, 0.25) is 0 Å². The van der Waals surface area contributed by atoms with Crippen LogP contribution >= 0.6 is 0 Å². The average Bonchev–Trinajstić information content (AvgIpc) is 3.25. The number of rotatable bonds is 5. The van der Waals surface area contributed by atoms with Crippen molar-refractivity contribution in [1.29, 1.82) is 0 Å². The number of hydrogen-bond acceptors (Lipinski definition) is 6. The first-order chi connectivity index (χ1) is 11.4. The molecular weight excluding hydrogens is 292 g/mol. The van der Waals surface area contributed by atoms with Gasteiger partial charge in [0.1, 0.15) is 19.0 Å². The molecule has 0 unspecified atom stereocenters. The van der Waals surface area contributed by atoms with Crippen LogP contribution in [-0.4, -0.2) is 71.9 Å². The van der Waals surface area contributed by atoms with E-state index in [0.717, 1.165) is 51.5 Å². The molecule has 8 nitrogen and oxygen atoms in total. The predicted molar refractivity (Wildman–Crippen MR) is 84.7 cm³/mol. The molecule has 8 heteroatoms. The Morgan fingerprint density at radius 3 is 2.65 bits per heavy atom. The van der Waals surface area contributed by atoms with E-state index in [9.17, 15) is 0 Å². The Bertz CT molecular complexity index is 742. The molecule has 0 saturated carbocycles. The molecule has 0 spiro atoms. The van der Waals surface area contributed by atoms with E-state index in [4.69, 9.17) is 0 Å². The third-order valence-corrected chi connectivity index (χ3v) is 4.33. The molecule has 0 N–H and O–H groups in total. The van der Waals surface area contributed by atoms with Crippen LogP contribution in [0.4, 0.5) is 0 Å². The summed E-state index contributed by atoms with van der Waals surface area (Å²) in [5.74, 6) is 0. The Hall–Kier alpha value is -2.32. The van der Waals surface area contributed by atoms with Crippen molar-refractivity contribution in [2.75, 3.05) is 32.7 Å². The summed E-state index contributed by atoms with van der Waals surface area (Å²) in [4.78, 5) is 13.2. The molecule has 4 rings (SSSR count). The molecule has 120 valence electrons. The summed E-state index contributed by atoms with van der Waals surface area (Å²) in [7, 11) is 0. The van der Waals surface area contributed by atoms with Crippen molar-refractivity contribution < 1.29 is 0 Å². The van der Waals surface area contributed by atoms with Crippen molar-refractivity contribution in [2.24, 2.45) is 0 Å². The summed E-state index contributed by atoms with van der Waals surface area (Å²) in [6.07, 6.45) is 6.93. The van der Waals surface area contributed by atoms with Crippen LogP contribution in [-0.2, 0) is 13.1 Å². The number of piperazine rings is 1. The molecule has 1 aliphatic heterocycles. The van der Waals surface area contributed by atoms with Gasteiger partial charge in [-0.1, -0.05) is 0 Å². The molecule has 0 atom stereocenters. The topological polar surface area (TPSA) is 67.4 Å². The number of fused-ring (bicyclic) bond motifs is 1. The fourth-order valence-electron chi connectivity index (χ4n) is 2.98. The van der Waals surface area contributed by atoms with Gasteiger partial charge in [-0.2, -0.15) is 10.2 Å². The van der Waals surface area contributed by atoms with E-state index in [0.29, 0.717) is 0 Å². The molecule has 1 aliphatic rings. The maximum atomic E-state index is 4.24. The highest BCUT2D eigenvalue weighted by Crippen LogP contribution is 2.10. The van der Waals surface area contributed by atoms with E-state index in [1.165, 1.54) is 5.56 Å². The highest BCUT2D eigenvalue weighted by Gasteiger charge is 2.17. The molecule has 3 aromatic heterocycles. The van der Waals surface area contributed by atoms with Crippen LogP contribution in [0.3, 0.4) is 0 Å². The van der Waals surface area contributed by atoms with E-state index in [1.54, 1.807) is 23.5 Å². The average molecular weight is 312 g/mol. The quantitative estimate of drug-likeness (QED) is 0.667. The molecular formula is C15H20N8. The first-order valence-corrected chi connectivity index (χ1v) is 7.92. The van der Waals surface area contributed by atoms with Gasteiger partial charge in [0.15, 0.2) is 5.65 Å². The molecule has 0 radical (unpaired) electrons. The second-order valence-electron chi connectivity index (χ2n) is 5.87. The lowest BCUT2D eigenvalue weighted by Crippen LogP contribution is -2.46. The van der Waals surface area contributed by atoms with E-state index in [-0.39, 0.29) is 0 Å². The second kappa shape index (κ2) is 6.43. The highest BCUT2D eigenvalue weighted by atomic mass is 15.3. The van der Waals surface area contributed by atoms with Gasteiger partial charge in [-0.15, -0.1) is 0 Å². The number of pyridine rings is 1. The van der Waals surface area contributed by atoms with Gasteiger partial charge in [-0.3, -0.25) is 14.5 Å². The van der Waals surface area contributed by atoms with Crippen LogP contribution in [0, 0.1) is 0 Å². The minimum atomic E-state index is 0.906. The van der Waals surface area contributed by atoms with Gasteiger partial charge >= 0.3 is 0 Å². The Morgan fingerprint density at radius 1 is 0.957 bits per heavy atom. The second-order valence-corrected chi connectivity index (χ2v) is 5.87. The summed E-state index contributed by atoms with van der Waals surface area (Å²) in [6.45, 7) is 7.29. The van der Waals surface area contributed by atoms with Gasteiger partial charge in [0.25, 0.3) is 0 Å². The van der Waals surface area contributed by atoms with Gasteiger partial charge in [-0.05, 0) is 17.7 Å². The third-order valence-electron chi connectivity index (χ3n) is 4.33. The third kappa shape index (κ3) is 3.38. The Labute approximate surface area is 134 Å². The lowest BCUT2D eigenvalue weighted by atomic mass is 10.2. The highest BCUT2D eigenvalue weighted by molar-refractivity contribution is 5.39. The van der Waals surface area contributed by atoms with Gasteiger partial charge in [0.2, 0.25) is 0 Å². The molecule has 3 aromatic rings. The molecule has 23 heavy (non-hydrogen) atoms. The first-order valence-electron chi connectivity index (χ1n) is 7.92. The number of nitrogens with zero attached hydrogens (tertiary/aromatic N) is 8. The van der Waals surface area contributed by atoms with Crippen molar-refractivity contribution in [3.63, 3.8) is 0 Å². The van der Waals surface area contributed by atoms with Crippen LogP contribution in [0.5, 0.6) is 0 Å². The minimum Gasteiger partial charge on any atom is -0.299 e. The molecule has 0 aromatic carbocycles. The number of hydrogen-bond donors (Lipinski definition) is 0. The zero-order valence-corrected chi connectivity index (χ0v) is 13.0. The Kier molecular flexibility index (Phi) is 3.99. The van der Waals surface area contributed by atoms with E-state index in [1.807, 2.05) is 10.9 Å². The normalized spacial score (nSPS) is 17.0. The van der Waals surface area contributed by atoms with Gasteiger partial charge < -0.3 is 0 Å². The summed E-state index contributed by atoms with van der Waals surface area (Å²) < 4.78 is 3.69. The summed E-state index contributed by atoms with van der Waals surface area (Å²) >= 11 is 0. The van der Waals surface area contributed by atoms with Crippen molar-refractivity contribution in [3.05, 3.63) is 42.9 Å². The maximum Gasteiger partial charge on any atom is 0.155 e. The largest absolute Gasteiger partial charge is 0.299 e. The SMILES string of the molecule is c1ncn(CCN2CCN(Cc3ccn4ncnc4c3)CC2)n1.